The second-order valence-electron chi connectivity index (χ2n) is 3.59. The SMILES string of the molecule is O=C(c1cc(Cl)cc(Cl)c1)c1c[nH]c(C(=O)O)c1. The van der Waals surface area contributed by atoms with Gasteiger partial charge in [-0.1, -0.05) is 23.2 Å². The number of hydrogen-bond acceptors (Lipinski definition) is 2. The van der Waals surface area contributed by atoms with Gasteiger partial charge < -0.3 is 10.1 Å². The van der Waals surface area contributed by atoms with Crippen LogP contribution in [0.4, 0.5) is 0 Å². The van der Waals surface area contributed by atoms with Crippen molar-refractivity contribution in [2.24, 2.45) is 0 Å². The van der Waals surface area contributed by atoms with Crippen LogP contribution in [0.2, 0.25) is 10.0 Å². The lowest BCUT2D eigenvalue weighted by Crippen LogP contribution is -2.00. The molecule has 1 aromatic carbocycles. The second kappa shape index (κ2) is 4.84. The van der Waals surface area contributed by atoms with Crippen LogP contribution >= 0.6 is 23.2 Å². The van der Waals surface area contributed by atoms with E-state index in [0.717, 1.165) is 0 Å². The molecule has 1 heterocycles. The van der Waals surface area contributed by atoms with Gasteiger partial charge in [-0.2, -0.15) is 0 Å². The van der Waals surface area contributed by atoms with Crippen molar-refractivity contribution in [2.75, 3.05) is 0 Å². The molecule has 92 valence electrons. The number of H-pyrrole nitrogens is 1. The molecule has 0 atom stereocenters. The number of carbonyl (C=O) groups is 2. The van der Waals surface area contributed by atoms with Gasteiger partial charge in [-0.05, 0) is 24.3 Å². The van der Waals surface area contributed by atoms with Gasteiger partial charge >= 0.3 is 5.97 Å². The lowest BCUT2D eigenvalue weighted by Gasteiger charge is -2.00. The lowest BCUT2D eigenvalue weighted by atomic mass is 10.1. The van der Waals surface area contributed by atoms with Crippen LogP contribution in [0, 0.1) is 0 Å². The number of halogens is 2. The van der Waals surface area contributed by atoms with E-state index in [4.69, 9.17) is 28.3 Å². The van der Waals surface area contributed by atoms with Crippen molar-refractivity contribution >= 4 is 35.0 Å². The first-order valence-electron chi connectivity index (χ1n) is 4.90. The molecule has 2 aromatic rings. The first-order chi connectivity index (χ1) is 8.47. The monoisotopic (exact) mass is 283 g/mol. The molecular formula is C12H7Cl2NO3. The van der Waals surface area contributed by atoms with Gasteiger partial charge in [0.1, 0.15) is 5.69 Å². The Morgan fingerprint density at radius 2 is 1.61 bits per heavy atom. The molecule has 0 saturated heterocycles. The Kier molecular flexibility index (Phi) is 3.41. The zero-order chi connectivity index (χ0) is 13.3. The van der Waals surface area contributed by atoms with Crippen LogP contribution in [0.15, 0.2) is 30.5 Å². The number of hydrogen-bond donors (Lipinski definition) is 2. The van der Waals surface area contributed by atoms with Gasteiger partial charge in [-0.25, -0.2) is 4.79 Å². The Morgan fingerprint density at radius 3 is 2.11 bits per heavy atom. The minimum atomic E-state index is -1.13. The van der Waals surface area contributed by atoms with E-state index in [-0.39, 0.29) is 17.0 Å². The number of aromatic nitrogens is 1. The quantitative estimate of drug-likeness (QED) is 0.850. The molecule has 2 N–H and O–H groups in total. The first kappa shape index (κ1) is 12.7. The smallest absolute Gasteiger partial charge is 0.352 e. The molecule has 2 rings (SSSR count). The lowest BCUT2D eigenvalue weighted by molar-refractivity contribution is 0.0691. The Balaban J connectivity index is 2.38. The summed E-state index contributed by atoms with van der Waals surface area (Å²) in [6.45, 7) is 0. The van der Waals surface area contributed by atoms with Crippen LogP contribution in [0.3, 0.4) is 0 Å². The van der Waals surface area contributed by atoms with E-state index in [1.165, 1.54) is 30.5 Å². The predicted octanol–water partition coefficient (Wildman–Crippen LogP) is 3.25. The van der Waals surface area contributed by atoms with Crippen LogP contribution < -0.4 is 0 Å². The number of aromatic carboxylic acids is 1. The normalized spacial score (nSPS) is 10.3. The fraction of sp³-hybridized carbons (Fsp3) is 0. The Bertz CT molecular complexity index is 614. The van der Waals surface area contributed by atoms with Crippen molar-refractivity contribution in [1.82, 2.24) is 4.98 Å². The van der Waals surface area contributed by atoms with Crippen molar-refractivity contribution in [3.8, 4) is 0 Å². The number of nitrogens with one attached hydrogen (secondary N) is 1. The summed E-state index contributed by atoms with van der Waals surface area (Å²) < 4.78 is 0. The molecular weight excluding hydrogens is 277 g/mol. The number of carboxylic acids is 1. The van der Waals surface area contributed by atoms with Crippen LogP contribution in [0.1, 0.15) is 26.4 Å². The van der Waals surface area contributed by atoms with Crippen LogP contribution in [0.25, 0.3) is 0 Å². The van der Waals surface area contributed by atoms with Gasteiger partial charge in [0.05, 0.1) is 0 Å². The molecule has 0 aliphatic heterocycles. The van der Waals surface area contributed by atoms with Crippen molar-refractivity contribution in [1.29, 1.82) is 0 Å². The number of rotatable bonds is 3. The van der Waals surface area contributed by atoms with E-state index in [1.54, 1.807) is 0 Å². The highest BCUT2D eigenvalue weighted by atomic mass is 35.5. The third-order valence-corrected chi connectivity index (χ3v) is 2.74. The van der Waals surface area contributed by atoms with E-state index in [1.807, 2.05) is 0 Å². The third kappa shape index (κ3) is 2.55. The number of carboxylic acid groups (broad SMARTS) is 1. The highest BCUT2D eigenvalue weighted by molar-refractivity contribution is 6.35. The molecule has 18 heavy (non-hydrogen) atoms. The van der Waals surface area contributed by atoms with E-state index in [9.17, 15) is 9.59 Å². The molecule has 6 heteroatoms. The molecule has 0 bridgehead atoms. The first-order valence-corrected chi connectivity index (χ1v) is 5.65. The summed E-state index contributed by atoms with van der Waals surface area (Å²) in [5.41, 5.74) is 0.501. The minimum absolute atomic E-state index is 0.0496. The molecule has 0 aliphatic carbocycles. The van der Waals surface area contributed by atoms with Crippen molar-refractivity contribution in [2.45, 2.75) is 0 Å². The number of aromatic amines is 1. The Morgan fingerprint density at radius 1 is 1.00 bits per heavy atom. The second-order valence-corrected chi connectivity index (χ2v) is 4.47. The van der Waals surface area contributed by atoms with Gasteiger partial charge in [0.2, 0.25) is 0 Å². The highest BCUT2D eigenvalue weighted by Gasteiger charge is 2.14. The average Bonchev–Trinajstić information content (AvgIpc) is 2.75. The summed E-state index contributed by atoms with van der Waals surface area (Å²) >= 11 is 11.6. The van der Waals surface area contributed by atoms with Gasteiger partial charge in [-0.15, -0.1) is 0 Å². The summed E-state index contributed by atoms with van der Waals surface area (Å²) in [7, 11) is 0. The molecule has 0 amide bonds. The predicted molar refractivity (Wildman–Crippen MR) is 67.6 cm³/mol. The summed E-state index contributed by atoms with van der Waals surface area (Å²) in [6.07, 6.45) is 1.33. The van der Waals surface area contributed by atoms with E-state index < -0.39 is 5.97 Å². The largest absolute Gasteiger partial charge is 0.477 e. The van der Waals surface area contributed by atoms with Gasteiger partial charge in [0.25, 0.3) is 0 Å². The maximum Gasteiger partial charge on any atom is 0.352 e. The molecule has 0 aliphatic rings. The summed E-state index contributed by atoms with van der Waals surface area (Å²) in [4.78, 5) is 25.3. The van der Waals surface area contributed by atoms with Crippen molar-refractivity contribution in [3.63, 3.8) is 0 Å². The van der Waals surface area contributed by atoms with Crippen molar-refractivity contribution < 1.29 is 14.7 Å². The standard InChI is InChI=1S/C12H7Cl2NO3/c13-8-1-6(2-9(14)4-8)11(16)7-3-10(12(17)18)15-5-7/h1-5,15H,(H,17,18). The summed E-state index contributed by atoms with van der Waals surface area (Å²) in [5.74, 6) is -1.47. The third-order valence-electron chi connectivity index (χ3n) is 2.30. The molecule has 0 saturated carbocycles. The van der Waals surface area contributed by atoms with Crippen molar-refractivity contribution in [3.05, 3.63) is 57.3 Å². The van der Waals surface area contributed by atoms with E-state index >= 15 is 0 Å². The van der Waals surface area contributed by atoms with Gasteiger partial charge in [-0.3, -0.25) is 4.79 Å². The molecule has 4 nitrogen and oxygen atoms in total. The fourth-order valence-electron chi connectivity index (χ4n) is 1.50. The molecule has 0 fully saturated rings. The zero-order valence-electron chi connectivity index (χ0n) is 8.91. The van der Waals surface area contributed by atoms with Gasteiger partial charge in [0.15, 0.2) is 5.78 Å². The van der Waals surface area contributed by atoms with E-state index in [0.29, 0.717) is 15.6 Å². The molecule has 1 aromatic heterocycles. The average molecular weight is 284 g/mol. The Hall–Kier alpha value is -1.78. The Labute approximate surface area is 112 Å². The van der Waals surface area contributed by atoms with Crippen LogP contribution in [0.5, 0.6) is 0 Å². The van der Waals surface area contributed by atoms with Crippen LogP contribution in [-0.4, -0.2) is 21.8 Å². The number of ketones is 1. The summed E-state index contributed by atoms with van der Waals surface area (Å²) in [6, 6.07) is 5.73. The highest BCUT2D eigenvalue weighted by Crippen LogP contribution is 2.21. The van der Waals surface area contributed by atoms with E-state index in [2.05, 4.69) is 4.98 Å². The number of benzene rings is 1. The summed E-state index contributed by atoms with van der Waals surface area (Å²) in [5, 5.41) is 9.45. The maximum absolute atomic E-state index is 12.1. The van der Waals surface area contributed by atoms with Crippen LogP contribution in [-0.2, 0) is 0 Å². The zero-order valence-corrected chi connectivity index (χ0v) is 10.4. The number of carbonyl (C=O) groups excluding carboxylic acids is 1. The van der Waals surface area contributed by atoms with Gasteiger partial charge in [0, 0.05) is 27.4 Å². The maximum atomic E-state index is 12.1. The molecule has 0 radical (unpaired) electrons. The molecule has 0 unspecified atom stereocenters. The molecule has 0 spiro atoms. The topological polar surface area (TPSA) is 70.2 Å². The minimum Gasteiger partial charge on any atom is -0.477 e. The fourth-order valence-corrected chi connectivity index (χ4v) is 2.03.